The molecule has 0 saturated carbocycles. The summed E-state index contributed by atoms with van der Waals surface area (Å²) in [6, 6.07) is 7.68. The van der Waals surface area contributed by atoms with Crippen LogP contribution in [0.4, 0.5) is 5.82 Å². The highest BCUT2D eigenvalue weighted by Crippen LogP contribution is 2.16. The van der Waals surface area contributed by atoms with Gasteiger partial charge in [-0.05, 0) is 25.5 Å². The number of carbonyl (C=O) groups excluding carboxylic acids is 1. The van der Waals surface area contributed by atoms with Gasteiger partial charge in [0.05, 0.1) is 6.20 Å². The molecule has 1 aromatic carbocycles. The van der Waals surface area contributed by atoms with Crippen molar-refractivity contribution in [1.82, 2.24) is 9.78 Å². The minimum atomic E-state index is -0.235. The highest BCUT2D eigenvalue weighted by Gasteiger charge is 2.14. The van der Waals surface area contributed by atoms with Gasteiger partial charge in [0, 0.05) is 12.6 Å². The Hall–Kier alpha value is -2.61. The lowest BCUT2D eigenvalue weighted by atomic mass is 10.1. The van der Waals surface area contributed by atoms with E-state index in [2.05, 4.69) is 10.4 Å². The minimum Gasteiger partial charge on any atom is -0.306 e. The topological polar surface area (TPSA) is 70.7 Å². The molecule has 0 bridgehead atoms. The zero-order chi connectivity index (χ0) is 14.0. The number of nitrogens with zero attached hydrogens (tertiary/aromatic N) is 3. The minimum absolute atomic E-state index is 0.235. The smallest absolute Gasteiger partial charge is 0.257 e. The van der Waals surface area contributed by atoms with Gasteiger partial charge < -0.3 is 5.32 Å². The molecule has 0 unspecified atom stereocenters. The van der Waals surface area contributed by atoms with Crippen molar-refractivity contribution in [2.75, 3.05) is 5.32 Å². The molecule has 5 nitrogen and oxygen atoms in total. The fourth-order valence-electron chi connectivity index (χ4n) is 1.82. The van der Waals surface area contributed by atoms with Crippen LogP contribution in [0, 0.1) is 25.2 Å². The summed E-state index contributed by atoms with van der Waals surface area (Å²) >= 11 is 0. The predicted molar refractivity (Wildman–Crippen MR) is 71.8 cm³/mol. The van der Waals surface area contributed by atoms with Gasteiger partial charge in [-0.1, -0.05) is 17.7 Å². The Morgan fingerprint density at radius 1 is 1.42 bits per heavy atom. The molecule has 0 atom stereocenters. The SMILES string of the molecule is Cc1ccc(C)c(C(=O)Nc2c(C#N)cnn2C)c1. The summed E-state index contributed by atoms with van der Waals surface area (Å²) in [7, 11) is 1.68. The molecule has 96 valence electrons. The van der Waals surface area contributed by atoms with Gasteiger partial charge in [-0.2, -0.15) is 10.4 Å². The van der Waals surface area contributed by atoms with E-state index >= 15 is 0 Å². The normalized spacial score (nSPS) is 10.0. The molecule has 1 heterocycles. The number of amides is 1. The van der Waals surface area contributed by atoms with E-state index in [1.54, 1.807) is 7.05 Å². The molecule has 0 fully saturated rings. The Morgan fingerprint density at radius 3 is 2.84 bits per heavy atom. The molecule has 0 saturated heterocycles. The number of anilines is 1. The van der Waals surface area contributed by atoms with Crippen LogP contribution >= 0.6 is 0 Å². The van der Waals surface area contributed by atoms with Crippen molar-refractivity contribution < 1.29 is 4.79 Å². The van der Waals surface area contributed by atoms with Gasteiger partial charge in [-0.3, -0.25) is 9.48 Å². The number of benzene rings is 1. The number of hydrogen-bond acceptors (Lipinski definition) is 3. The van der Waals surface area contributed by atoms with Gasteiger partial charge >= 0.3 is 0 Å². The molecule has 5 heteroatoms. The molecule has 0 aliphatic rings. The molecule has 2 aromatic rings. The number of hydrogen-bond donors (Lipinski definition) is 1. The van der Waals surface area contributed by atoms with E-state index in [4.69, 9.17) is 5.26 Å². The van der Waals surface area contributed by atoms with Gasteiger partial charge in [-0.15, -0.1) is 0 Å². The molecule has 1 N–H and O–H groups in total. The second-order valence-corrected chi connectivity index (χ2v) is 4.41. The Balaban J connectivity index is 2.34. The maximum atomic E-state index is 12.2. The fraction of sp³-hybridized carbons (Fsp3) is 0.214. The largest absolute Gasteiger partial charge is 0.306 e. The first kappa shape index (κ1) is 12.8. The third-order valence-corrected chi connectivity index (χ3v) is 2.93. The van der Waals surface area contributed by atoms with Crippen molar-refractivity contribution in [1.29, 1.82) is 5.26 Å². The van der Waals surface area contributed by atoms with Crippen molar-refractivity contribution in [2.24, 2.45) is 7.05 Å². The van der Waals surface area contributed by atoms with Crippen LogP contribution in [0.25, 0.3) is 0 Å². The summed E-state index contributed by atoms with van der Waals surface area (Å²) in [5, 5.41) is 15.6. The third-order valence-electron chi connectivity index (χ3n) is 2.93. The van der Waals surface area contributed by atoms with E-state index in [0.29, 0.717) is 16.9 Å². The van der Waals surface area contributed by atoms with Crippen molar-refractivity contribution in [3.8, 4) is 6.07 Å². The van der Waals surface area contributed by atoms with Crippen molar-refractivity contribution in [3.63, 3.8) is 0 Å². The quantitative estimate of drug-likeness (QED) is 0.892. The standard InChI is InChI=1S/C14H14N4O/c1-9-4-5-10(2)12(6-9)14(19)17-13-11(7-15)8-16-18(13)3/h4-6,8H,1-3H3,(H,17,19). The predicted octanol–water partition coefficient (Wildman–Crippen LogP) is 2.16. The Bertz CT molecular complexity index is 679. The van der Waals surface area contributed by atoms with Gasteiger partial charge in [0.15, 0.2) is 0 Å². The average molecular weight is 254 g/mol. The van der Waals surface area contributed by atoms with Crippen LogP contribution in [0.1, 0.15) is 27.0 Å². The van der Waals surface area contributed by atoms with Crippen LogP contribution in [0.2, 0.25) is 0 Å². The maximum absolute atomic E-state index is 12.2. The van der Waals surface area contributed by atoms with Crippen molar-refractivity contribution in [3.05, 3.63) is 46.6 Å². The van der Waals surface area contributed by atoms with Crippen LogP contribution < -0.4 is 5.32 Å². The average Bonchev–Trinajstić information content (AvgIpc) is 2.73. The van der Waals surface area contributed by atoms with E-state index in [9.17, 15) is 4.79 Å². The van der Waals surface area contributed by atoms with E-state index in [0.717, 1.165) is 11.1 Å². The molecule has 19 heavy (non-hydrogen) atoms. The van der Waals surface area contributed by atoms with Gasteiger partial charge in [-0.25, -0.2) is 0 Å². The highest BCUT2D eigenvalue weighted by molar-refractivity contribution is 6.05. The summed E-state index contributed by atoms with van der Waals surface area (Å²) in [4.78, 5) is 12.2. The van der Waals surface area contributed by atoms with Gasteiger partial charge in [0.25, 0.3) is 5.91 Å². The molecule has 2 rings (SSSR count). The molecule has 0 spiro atoms. The summed E-state index contributed by atoms with van der Waals surface area (Å²) in [6.07, 6.45) is 1.43. The molecule has 1 aromatic heterocycles. The molecule has 0 aliphatic carbocycles. The summed E-state index contributed by atoms with van der Waals surface area (Å²) in [5.74, 6) is 0.176. The molecular weight excluding hydrogens is 240 g/mol. The van der Waals surface area contributed by atoms with Crippen LogP contribution in [-0.4, -0.2) is 15.7 Å². The zero-order valence-electron chi connectivity index (χ0n) is 11.1. The van der Waals surface area contributed by atoms with E-state index in [1.165, 1.54) is 10.9 Å². The number of aromatic nitrogens is 2. The third kappa shape index (κ3) is 2.47. The number of rotatable bonds is 2. The highest BCUT2D eigenvalue weighted by atomic mass is 16.1. The molecular formula is C14H14N4O. The van der Waals surface area contributed by atoms with Crippen LogP contribution in [0.5, 0.6) is 0 Å². The lowest BCUT2D eigenvalue weighted by Gasteiger charge is -2.09. The number of nitrogens with one attached hydrogen (secondary N) is 1. The lowest BCUT2D eigenvalue weighted by Crippen LogP contribution is -2.16. The van der Waals surface area contributed by atoms with Gasteiger partial charge in [0.1, 0.15) is 17.5 Å². The zero-order valence-corrected chi connectivity index (χ0v) is 11.1. The van der Waals surface area contributed by atoms with Crippen molar-refractivity contribution in [2.45, 2.75) is 13.8 Å². The van der Waals surface area contributed by atoms with E-state index in [1.807, 2.05) is 38.1 Å². The Morgan fingerprint density at radius 2 is 2.16 bits per heavy atom. The summed E-state index contributed by atoms with van der Waals surface area (Å²) < 4.78 is 1.47. The first-order valence-corrected chi connectivity index (χ1v) is 5.83. The summed E-state index contributed by atoms with van der Waals surface area (Å²) in [5.41, 5.74) is 2.86. The second-order valence-electron chi connectivity index (χ2n) is 4.41. The Kier molecular flexibility index (Phi) is 3.34. The Labute approximate surface area is 111 Å². The molecule has 0 radical (unpaired) electrons. The van der Waals surface area contributed by atoms with Crippen molar-refractivity contribution >= 4 is 11.7 Å². The number of aryl methyl sites for hydroxylation is 3. The maximum Gasteiger partial charge on any atom is 0.257 e. The first-order valence-electron chi connectivity index (χ1n) is 5.83. The first-order chi connectivity index (χ1) is 9.02. The summed E-state index contributed by atoms with van der Waals surface area (Å²) in [6.45, 7) is 3.81. The van der Waals surface area contributed by atoms with E-state index in [-0.39, 0.29) is 5.91 Å². The number of carbonyl (C=O) groups is 1. The number of nitriles is 1. The van der Waals surface area contributed by atoms with E-state index < -0.39 is 0 Å². The second kappa shape index (κ2) is 4.94. The van der Waals surface area contributed by atoms with Crippen LogP contribution in [0.15, 0.2) is 24.4 Å². The molecule has 0 aliphatic heterocycles. The van der Waals surface area contributed by atoms with Crippen LogP contribution in [-0.2, 0) is 7.05 Å². The fourth-order valence-corrected chi connectivity index (χ4v) is 1.82. The van der Waals surface area contributed by atoms with Crippen LogP contribution in [0.3, 0.4) is 0 Å². The monoisotopic (exact) mass is 254 g/mol. The lowest BCUT2D eigenvalue weighted by molar-refractivity contribution is 0.102. The molecule has 1 amide bonds. The van der Waals surface area contributed by atoms with Gasteiger partial charge in [0.2, 0.25) is 0 Å².